The van der Waals surface area contributed by atoms with Crippen molar-refractivity contribution in [1.29, 1.82) is 0 Å². The standard InChI is InChI=1S/C21H21F3N6O2S.ClH/c22-21(23,24)15-2-1-3-17(14-15)29-10-12-30(13-11-29)33(31,32)18-6-4-16(5-7-18)27-20-26-9-8-19(25)28-20;/h1-9,14H,10-13H2,(H3,25,26,27,28);1H. The molecule has 34 heavy (non-hydrogen) atoms. The van der Waals surface area contributed by atoms with Crippen LogP contribution >= 0.6 is 12.4 Å². The first-order chi connectivity index (χ1) is 15.6. The lowest BCUT2D eigenvalue weighted by molar-refractivity contribution is -0.137. The van der Waals surface area contributed by atoms with Crippen molar-refractivity contribution in [3.63, 3.8) is 0 Å². The molecule has 0 spiro atoms. The summed E-state index contributed by atoms with van der Waals surface area (Å²) in [5.41, 5.74) is 5.90. The molecule has 0 atom stereocenters. The molecule has 182 valence electrons. The number of anilines is 4. The molecule has 0 radical (unpaired) electrons. The summed E-state index contributed by atoms with van der Waals surface area (Å²) in [6.07, 6.45) is -2.93. The Bertz CT molecular complexity index is 1230. The number of rotatable bonds is 5. The minimum atomic E-state index is -4.43. The average molecular weight is 515 g/mol. The minimum absolute atomic E-state index is 0. The number of nitrogens with two attached hydrogens (primary N) is 1. The number of hydrogen-bond acceptors (Lipinski definition) is 7. The highest BCUT2D eigenvalue weighted by Gasteiger charge is 2.32. The van der Waals surface area contributed by atoms with Crippen LogP contribution in [-0.2, 0) is 16.2 Å². The van der Waals surface area contributed by atoms with Crippen LogP contribution in [-0.4, -0.2) is 48.9 Å². The Morgan fingerprint density at radius 1 is 0.971 bits per heavy atom. The summed E-state index contributed by atoms with van der Waals surface area (Å²) in [6.45, 7) is 0.894. The number of nitrogens with one attached hydrogen (secondary N) is 1. The SMILES string of the molecule is Cl.Nc1ccnc(Nc2ccc(S(=O)(=O)N3CCN(c4cccc(C(F)(F)F)c4)CC3)cc2)n1. The number of hydrogen-bond donors (Lipinski definition) is 2. The van der Waals surface area contributed by atoms with Gasteiger partial charge in [0.2, 0.25) is 16.0 Å². The lowest BCUT2D eigenvalue weighted by atomic mass is 10.1. The zero-order chi connectivity index (χ0) is 23.6. The minimum Gasteiger partial charge on any atom is -0.384 e. The molecular weight excluding hydrogens is 493 g/mol. The van der Waals surface area contributed by atoms with Gasteiger partial charge in [-0.1, -0.05) is 6.07 Å². The molecule has 1 fully saturated rings. The van der Waals surface area contributed by atoms with Gasteiger partial charge in [-0.15, -0.1) is 12.4 Å². The molecule has 2 heterocycles. The first-order valence-electron chi connectivity index (χ1n) is 10.0. The monoisotopic (exact) mass is 514 g/mol. The van der Waals surface area contributed by atoms with Crippen molar-refractivity contribution in [2.75, 3.05) is 42.1 Å². The van der Waals surface area contributed by atoms with Gasteiger partial charge in [0, 0.05) is 43.8 Å². The van der Waals surface area contributed by atoms with E-state index in [1.165, 1.54) is 28.7 Å². The maximum atomic E-state index is 13.0. The van der Waals surface area contributed by atoms with E-state index < -0.39 is 21.8 Å². The Hall–Kier alpha value is -3.09. The molecule has 1 saturated heterocycles. The summed E-state index contributed by atoms with van der Waals surface area (Å²) in [4.78, 5) is 9.93. The molecule has 13 heteroatoms. The van der Waals surface area contributed by atoms with Crippen LogP contribution in [0.5, 0.6) is 0 Å². The van der Waals surface area contributed by atoms with Crippen LogP contribution in [0.3, 0.4) is 0 Å². The van der Waals surface area contributed by atoms with Gasteiger partial charge in [-0.25, -0.2) is 13.4 Å². The molecule has 0 saturated carbocycles. The van der Waals surface area contributed by atoms with E-state index in [0.717, 1.165) is 12.1 Å². The molecule has 4 rings (SSSR count). The van der Waals surface area contributed by atoms with Crippen molar-refractivity contribution >= 4 is 45.6 Å². The van der Waals surface area contributed by atoms with Gasteiger partial charge in [-0.2, -0.15) is 22.5 Å². The van der Waals surface area contributed by atoms with Crippen LogP contribution < -0.4 is 16.0 Å². The van der Waals surface area contributed by atoms with Crippen molar-refractivity contribution in [3.05, 3.63) is 66.4 Å². The van der Waals surface area contributed by atoms with Gasteiger partial charge in [-0.05, 0) is 48.5 Å². The average Bonchev–Trinajstić information content (AvgIpc) is 2.79. The summed E-state index contributed by atoms with van der Waals surface area (Å²) >= 11 is 0. The van der Waals surface area contributed by atoms with E-state index >= 15 is 0 Å². The molecule has 8 nitrogen and oxygen atoms in total. The van der Waals surface area contributed by atoms with E-state index in [9.17, 15) is 21.6 Å². The number of alkyl halides is 3. The second-order valence-corrected chi connectivity index (χ2v) is 9.33. The maximum absolute atomic E-state index is 13.0. The van der Waals surface area contributed by atoms with E-state index in [1.54, 1.807) is 29.2 Å². The lowest BCUT2D eigenvalue weighted by Gasteiger charge is -2.35. The van der Waals surface area contributed by atoms with Gasteiger partial charge < -0.3 is 16.0 Å². The Labute approximate surface area is 201 Å². The molecule has 0 amide bonds. The first kappa shape index (κ1) is 25.5. The van der Waals surface area contributed by atoms with Gasteiger partial charge in [-0.3, -0.25) is 0 Å². The number of nitrogens with zero attached hydrogens (tertiary/aromatic N) is 4. The number of sulfonamides is 1. The lowest BCUT2D eigenvalue weighted by Crippen LogP contribution is -2.48. The second-order valence-electron chi connectivity index (χ2n) is 7.39. The van der Waals surface area contributed by atoms with Crippen molar-refractivity contribution in [3.8, 4) is 0 Å². The van der Waals surface area contributed by atoms with Gasteiger partial charge in [0.25, 0.3) is 0 Å². The quantitative estimate of drug-likeness (QED) is 0.534. The van der Waals surface area contributed by atoms with Gasteiger partial charge in [0.1, 0.15) is 5.82 Å². The molecule has 1 aliphatic rings. The number of nitrogen functional groups attached to an aromatic ring is 1. The van der Waals surface area contributed by atoms with Gasteiger partial charge in [0.05, 0.1) is 10.5 Å². The van der Waals surface area contributed by atoms with Crippen LogP contribution in [0.2, 0.25) is 0 Å². The highest BCUT2D eigenvalue weighted by Crippen LogP contribution is 2.32. The van der Waals surface area contributed by atoms with Crippen LogP contribution in [0.15, 0.2) is 65.7 Å². The summed E-state index contributed by atoms with van der Waals surface area (Å²) in [7, 11) is -3.75. The fourth-order valence-electron chi connectivity index (χ4n) is 3.49. The Morgan fingerprint density at radius 3 is 2.26 bits per heavy atom. The van der Waals surface area contributed by atoms with Crippen LogP contribution in [0.25, 0.3) is 0 Å². The number of benzene rings is 2. The highest BCUT2D eigenvalue weighted by atomic mass is 35.5. The molecule has 3 N–H and O–H groups in total. The van der Waals surface area contributed by atoms with Crippen molar-refractivity contribution in [1.82, 2.24) is 14.3 Å². The third-order valence-corrected chi connectivity index (χ3v) is 7.12. The molecule has 0 unspecified atom stereocenters. The molecule has 0 bridgehead atoms. The van der Waals surface area contributed by atoms with E-state index in [2.05, 4.69) is 15.3 Å². The van der Waals surface area contributed by atoms with Gasteiger partial charge in [0.15, 0.2) is 0 Å². The molecular formula is C21H22ClF3N6O2S. The first-order valence-corrected chi connectivity index (χ1v) is 11.4. The predicted octanol–water partition coefficient (Wildman–Crippen LogP) is 3.75. The summed E-state index contributed by atoms with van der Waals surface area (Å²) < 4.78 is 66.3. The number of piperazine rings is 1. The number of halogens is 4. The molecule has 2 aromatic carbocycles. The zero-order valence-electron chi connectivity index (χ0n) is 17.7. The molecule has 0 aliphatic carbocycles. The second kappa shape index (κ2) is 10.0. The summed E-state index contributed by atoms with van der Waals surface area (Å²) in [5.74, 6) is 0.590. The fraction of sp³-hybridized carbons (Fsp3) is 0.238. The summed E-state index contributed by atoms with van der Waals surface area (Å²) in [5, 5.41) is 2.94. The van der Waals surface area contributed by atoms with E-state index in [1.807, 2.05) is 0 Å². The van der Waals surface area contributed by atoms with E-state index in [0.29, 0.717) is 17.2 Å². The summed E-state index contributed by atoms with van der Waals surface area (Å²) in [6, 6.07) is 12.7. The Morgan fingerprint density at radius 2 is 1.65 bits per heavy atom. The van der Waals surface area contributed by atoms with Crippen molar-refractivity contribution in [2.24, 2.45) is 0 Å². The third kappa shape index (κ3) is 5.69. The number of aromatic nitrogens is 2. The van der Waals surface area contributed by atoms with E-state index in [-0.39, 0.29) is 49.4 Å². The topological polar surface area (TPSA) is 104 Å². The molecule has 1 aromatic heterocycles. The van der Waals surface area contributed by atoms with E-state index in [4.69, 9.17) is 5.73 Å². The van der Waals surface area contributed by atoms with Crippen molar-refractivity contribution < 1.29 is 21.6 Å². The predicted molar refractivity (Wildman–Crippen MR) is 126 cm³/mol. The Balaban J connectivity index is 0.00000324. The highest BCUT2D eigenvalue weighted by molar-refractivity contribution is 7.89. The van der Waals surface area contributed by atoms with Gasteiger partial charge >= 0.3 is 6.18 Å². The smallest absolute Gasteiger partial charge is 0.384 e. The third-order valence-electron chi connectivity index (χ3n) is 5.20. The zero-order valence-corrected chi connectivity index (χ0v) is 19.4. The Kier molecular flexibility index (Phi) is 7.54. The normalized spacial score (nSPS) is 15.0. The molecule has 3 aromatic rings. The van der Waals surface area contributed by atoms with Crippen LogP contribution in [0.4, 0.5) is 36.3 Å². The largest absolute Gasteiger partial charge is 0.416 e. The van der Waals surface area contributed by atoms with Crippen LogP contribution in [0.1, 0.15) is 5.56 Å². The van der Waals surface area contributed by atoms with Crippen molar-refractivity contribution in [2.45, 2.75) is 11.1 Å². The fourth-order valence-corrected chi connectivity index (χ4v) is 4.91. The maximum Gasteiger partial charge on any atom is 0.416 e. The van der Waals surface area contributed by atoms with Crippen LogP contribution in [0, 0.1) is 0 Å². The molecule has 1 aliphatic heterocycles.